The normalized spacial score (nSPS) is 25.2. The Hall–Kier alpha value is -3.32. The first-order valence-corrected chi connectivity index (χ1v) is 14.5. The molecule has 2 aliphatic heterocycles. The number of carbonyl (C=O) groups is 4. The second-order valence-corrected chi connectivity index (χ2v) is 11.6. The molecular weight excluding hydrogens is 620 g/mol. The number of carbonyl (C=O) groups excluding carboxylic acids is 4. The highest BCUT2D eigenvalue weighted by Crippen LogP contribution is 2.52. The average Bonchev–Trinajstić information content (AvgIpc) is 3.13. The van der Waals surface area contributed by atoms with Crippen LogP contribution in [0.5, 0.6) is 0 Å². The first kappa shape index (κ1) is 36.9. The maximum Gasteiger partial charge on any atom is 0.510 e. The summed E-state index contributed by atoms with van der Waals surface area (Å²) < 4.78 is 73.5. The van der Waals surface area contributed by atoms with Crippen LogP contribution in [0.3, 0.4) is 0 Å². The first-order valence-electron chi connectivity index (χ1n) is 13.0. The molecule has 1 amide bonds. The quantitative estimate of drug-likeness (QED) is 0.0974. The molecule has 0 spiro atoms. The van der Waals surface area contributed by atoms with Gasteiger partial charge in [0.25, 0.3) is 5.91 Å². The van der Waals surface area contributed by atoms with E-state index in [0.717, 1.165) is 17.9 Å². The Kier molecular flexibility index (Phi) is 13.1. The summed E-state index contributed by atoms with van der Waals surface area (Å²) in [4.78, 5) is 48.5. The Morgan fingerprint density at radius 1 is 1.14 bits per heavy atom. The lowest BCUT2D eigenvalue weighted by molar-refractivity contribution is -0.174. The van der Waals surface area contributed by atoms with Crippen molar-refractivity contribution < 1.29 is 75.2 Å². The highest BCUT2D eigenvalue weighted by molar-refractivity contribution is 7.48. The maximum absolute atomic E-state index is 14.9. The molecule has 2 heterocycles. The summed E-state index contributed by atoms with van der Waals surface area (Å²) in [6, 6.07) is 0. The fourth-order valence-electron chi connectivity index (χ4n) is 3.80. The van der Waals surface area contributed by atoms with Gasteiger partial charge in [0.05, 0.1) is 25.4 Å². The molecule has 0 aliphatic carbocycles. The highest BCUT2D eigenvalue weighted by Gasteiger charge is 2.66. The van der Waals surface area contributed by atoms with Crippen molar-refractivity contribution in [3.8, 4) is 0 Å². The Bertz CT molecular complexity index is 1120. The van der Waals surface area contributed by atoms with Crippen LogP contribution in [0.2, 0.25) is 0 Å². The summed E-state index contributed by atoms with van der Waals surface area (Å²) in [6.07, 6.45) is -4.79. The smallest absolute Gasteiger partial charge is 0.455 e. The third kappa shape index (κ3) is 9.85. The van der Waals surface area contributed by atoms with Crippen molar-refractivity contribution in [2.24, 2.45) is 5.73 Å². The van der Waals surface area contributed by atoms with Crippen LogP contribution < -0.4 is 11.1 Å². The number of rotatable bonds is 15. The van der Waals surface area contributed by atoms with E-state index in [1.54, 1.807) is 0 Å². The van der Waals surface area contributed by atoms with Crippen molar-refractivity contribution in [3.63, 3.8) is 0 Å². The Morgan fingerprint density at radius 3 is 2.14 bits per heavy atom. The van der Waals surface area contributed by atoms with Crippen LogP contribution in [-0.2, 0) is 56.1 Å². The van der Waals surface area contributed by atoms with Crippen LogP contribution in [0.1, 0.15) is 34.6 Å². The zero-order chi connectivity index (χ0) is 33.3. The van der Waals surface area contributed by atoms with Gasteiger partial charge in [0.2, 0.25) is 13.6 Å². The zero-order valence-corrected chi connectivity index (χ0v) is 25.6. The lowest BCUT2D eigenvalue weighted by atomic mass is 9.88. The van der Waals surface area contributed by atoms with Gasteiger partial charge >= 0.3 is 26.1 Å². The molecule has 0 unspecified atom stereocenters. The minimum Gasteiger partial charge on any atom is -0.455 e. The molecule has 0 aromatic heterocycles. The fraction of sp³-hybridized carbons (Fsp3) is 0.667. The highest BCUT2D eigenvalue weighted by atomic mass is 31.2. The van der Waals surface area contributed by atoms with Gasteiger partial charge in [0, 0.05) is 12.3 Å². The summed E-state index contributed by atoms with van der Waals surface area (Å²) in [5.41, 5.74) is 0.672. The second kappa shape index (κ2) is 15.6. The number of ether oxygens (including phenoxy) is 6. The predicted molar refractivity (Wildman–Crippen MR) is 142 cm³/mol. The number of esters is 1. The minimum atomic E-state index is -4.95. The maximum atomic E-state index is 14.9. The van der Waals surface area contributed by atoms with E-state index in [2.05, 4.69) is 21.4 Å². The van der Waals surface area contributed by atoms with Gasteiger partial charge in [-0.15, -0.1) is 0 Å². The standard InChI is InChI=1S/C24H37FN3O15P/c1-14(2)40-21(31)35-12-38-44(34,39-13-36-22(32)41-15(3)4)37-11-24(10-25)19(42-18(30)9-26)23(6,33)20(43-24)28-8-7-17(29)27-16(28)5/h7-8,14-15,19-20,33H,5,9-13,26H2,1-4,6H3,(H,27,29)/t19-,20+,23+,24+/m0/s1. The summed E-state index contributed by atoms with van der Waals surface area (Å²) >= 11 is 0. The van der Waals surface area contributed by atoms with Crippen LogP contribution in [0.15, 0.2) is 24.7 Å². The van der Waals surface area contributed by atoms with Gasteiger partial charge in [-0.25, -0.2) is 27.6 Å². The lowest BCUT2D eigenvalue weighted by Crippen LogP contribution is -2.57. The molecular formula is C24H37FN3O15P. The van der Waals surface area contributed by atoms with Gasteiger partial charge < -0.3 is 49.5 Å². The number of aliphatic hydroxyl groups is 1. The number of nitrogens with one attached hydrogen (secondary N) is 1. The van der Waals surface area contributed by atoms with Crippen LogP contribution in [0.25, 0.3) is 0 Å². The van der Waals surface area contributed by atoms with E-state index < -0.39 is 101 Å². The number of amides is 1. The zero-order valence-electron chi connectivity index (χ0n) is 24.7. The van der Waals surface area contributed by atoms with Crippen molar-refractivity contribution in [1.82, 2.24) is 10.2 Å². The topological polar surface area (TPSA) is 230 Å². The van der Waals surface area contributed by atoms with Crippen molar-refractivity contribution in [2.45, 2.75) is 70.4 Å². The SMILES string of the molecule is C=C1NC(=O)C=CN1[C@@H]1O[C@](CF)(COP(=O)(OCOC(=O)OC(C)C)OCOC(=O)OC(C)C)[C@@H](OC(=O)CN)[C@@]1(C)O. The monoisotopic (exact) mass is 657 g/mol. The molecule has 18 nitrogen and oxygen atoms in total. The second-order valence-electron chi connectivity index (χ2n) is 9.96. The largest absolute Gasteiger partial charge is 0.510 e. The van der Waals surface area contributed by atoms with Crippen molar-refractivity contribution in [2.75, 3.05) is 33.4 Å². The molecule has 1 saturated heterocycles. The van der Waals surface area contributed by atoms with Gasteiger partial charge in [0.15, 0.2) is 17.9 Å². The summed E-state index contributed by atoms with van der Waals surface area (Å²) in [5.74, 6) is -1.72. The average molecular weight is 658 g/mol. The number of halogens is 1. The molecule has 1 fully saturated rings. The molecule has 0 bridgehead atoms. The molecule has 250 valence electrons. The van der Waals surface area contributed by atoms with Gasteiger partial charge in [-0.1, -0.05) is 6.58 Å². The third-order valence-electron chi connectivity index (χ3n) is 5.62. The Labute approximate surface area is 252 Å². The number of hydrogen-bond donors (Lipinski definition) is 3. The molecule has 44 heavy (non-hydrogen) atoms. The van der Waals surface area contributed by atoms with Crippen LogP contribution in [0.4, 0.5) is 14.0 Å². The Balaban J connectivity index is 2.35. The van der Waals surface area contributed by atoms with Gasteiger partial charge in [-0.2, -0.15) is 0 Å². The van der Waals surface area contributed by atoms with Gasteiger partial charge in [-0.3, -0.25) is 14.1 Å². The Morgan fingerprint density at radius 2 is 1.68 bits per heavy atom. The number of phosphoric ester groups is 1. The molecule has 4 N–H and O–H groups in total. The van der Waals surface area contributed by atoms with Crippen molar-refractivity contribution >= 4 is 32.0 Å². The van der Waals surface area contributed by atoms with Gasteiger partial charge in [-0.05, 0) is 34.6 Å². The fourth-order valence-corrected chi connectivity index (χ4v) is 4.76. The number of hydrogen-bond acceptors (Lipinski definition) is 17. The summed E-state index contributed by atoms with van der Waals surface area (Å²) in [7, 11) is -4.95. The number of alkyl halides is 1. The van der Waals surface area contributed by atoms with E-state index >= 15 is 0 Å². The van der Waals surface area contributed by atoms with Crippen molar-refractivity contribution in [3.05, 3.63) is 24.7 Å². The molecule has 4 atom stereocenters. The number of nitrogens with zero attached hydrogens (tertiary/aromatic N) is 1. The van der Waals surface area contributed by atoms with Gasteiger partial charge in [0.1, 0.15) is 18.1 Å². The third-order valence-corrected chi connectivity index (χ3v) is 6.91. The van der Waals surface area contributed by atoms with E-state index in [9.17, 15) is 33.2 Å². The van der Waals surface area contributed by atoms with Crippen LogP contribution in [0, 0.1) is 0 Å². The first-order chi connectivity index (χ1) is 20.5. The minimum absolute atomic E-state index is 0.0875. The molecule has 20 heteroatoms. The van der Waals surface area contributed by atoms with E-state index in [1.807, 2.05) is 0 Å². The van der Waals surface area contributed by atoms with Crippen LogP contribution in [-0.4, -0.2) is 103 Å². The van der Waals surface area contributed by atoms with E-state index in [0.29, 0.717) is 0 Å². The van der Waals surface area contributed by atoms with E-state index in [-0.39, 0.29) is 5.82 Å². The molecule has 0 aromatic carbocycles. The summed E-state index contributed by atoms with van der Waals surface area (Å²) in [5, 5.41) is 13.8. The predicted octanol–water partition coefficient (Wildman–Crippen LogP) is 1.29. The van der Waals surface area contributed by atoms with Crippen molar-refractivity contribution in [1.29, 1.82) is 0 Å². The summed E-state index contributed by atoms with van der Waals surface area (Å²) in [6.45, 7) is 5.45. The number of phosphoric acid groups is 1. The molecule has 2 aliphatic rings. The van der Waals surface area contributed by atoms with E-state index in [1.165, 1.54) is 33.9 Å². The molecule has 0 saturated carbocycles. The van der Waals surface area contributed by atoms with Crippen LogP contribution >= 0.6 is 7.82 Å². The lowest BCUT2D eigenvalue weighted by Gasteiger charge is -2.37. The molecule has 0 aromatic rings. The van der Waals surface area contributed by atoms with E-state index in [4.69, 9.17) is 38.3 Å². The molecule has 0 radical (unpaired) electrons. The molecule has 2 rings (SSSR count). The number of nitrogens with two attached hydrogens (primary N) is 1.